The monoisotopic (exact) mass is 701 g/mol. The number of nitrogens with zero attached hydrogens (tertiary/aromatic N) is 2. The van der Waals surface area contributed by atoms with Gasteiger partial charge in [0.15, 0.2) is 0 Å². The third-order valence-electron chi connectivity index (χ3n) is 6.81. The summed E-state index contributed by atoms with van der Waals surface area (Å²) in [6, 6.07) is 18.7. The molecule has 3 amide bonds. The molecule has 1 saturated heterocycles. The van der Waals surface area contributed by atoms with Gasteiger partial charge in [-0.25, -0.2) is 18.4 Å². The van der Waals surface area contributed by atoms with Gasteiger partial charge >= 0.3 is 12.1 Å². The maximum absolute atomic E-state index is 13.8. The van der Waals surface area contributed by atoms with Gasteiger partial charge in [-0.1, -0.05) is 53.5 Å². The summed E-state index contributed by atoms with van der Waals surface area (Å²) in [5.41, 5.74) is 1.46. The Bertz CT molecular complexity index is 1330. The molecule has 1 aliphatic carbocycles. The van der Waals surface area contributed by atoms with Gasteiger partial charge in [-0.3, -0.25) is 4.90 Å². The van der Waals surface area contributed by atoms with E-state index in [1.165, 1.54) is 18.2 Å². The van der Waals surface area contributed by atoms with Gasteiger partial charge in [-0.05, 0) is 90.2 Å². The number of hydrogen-bond donors (Lipinski definition) is 1. The predicted octanol–water partition coefficient (Wildman–Crippen LogP) is 8.04. The molecule has 0 atom stereocenters. The topological polar surface area (TPSA) is 61.9 Å². The van der Waals surface area contributed by atoms with Crippen molar-refractivity contribution < 1.29 is 23.1 Å². The van der Waals surface area contributed by atoms with Crippen molar-refractivity contribution in [3.8, 4) is 0 Å². The lowest BCUT2D eigenvalue weighted by molar-refractivity contribution is 0.127. The number of anilines is 1. The molecular weight excluding hydrogens is 674 g/mol. The second kappa shape index (κ2) is 14.3. The van der Waals surface area contributed by atoms with Crippen LogP contribution in [-0.2, 0) is 11.3 Å². The Labute approximate surface area is 255 Å². The summed E-state index contributed by atoms with van der Waals surface area (Å²) in [5.74, 6) is -0.889. The third-order valence-corrected chi connectivity index (χ3v) is 8.09. The van der Waals surface area contributed by atoms with E-state index in [0.717, 1.165) is 34.8 Å². The molecular formula is C29H28Cl2F2IN3O3. The number of ether oxygens (including phenoxy) is 1. The summed E-state index contributed by atoms with van der Waals surface area (Å²) in [5, 5.41) is 3.15. The number of benzene rings is 3. The van der Waals surface area contributed by atoms with E-state index in [9.17, 15) is 18.4 Å². The van der Waals surface area contributed by atoms with E-state index in [1.54, 1.807) is 23.1 Å². The van der Waals surface area contributed by atoms with Gasteiger partial charge in [-0.2, -0.15) is 0 Å². The third kappa shape index (κ3) is 8.20. The Balaban J connectivity index is 0.000000350. The highest BCUT2D eigenvalue weighted by molar-refractivity contribution is 14.1. The van der Waals surface area contributed by atoms with Crippen LogP contribution >= 0.6 is 45.8 Å². The number of amides is 3. The molecule has 5 rings (SSSR count). The number of halogens is 5. The normalized spacial score (nSPS) is 18.7. The Kier molecular flexibility index (Phi) is 10.9. The first-order chi connectivity index (χ1) is 19.2. The van der Waals surface area contributed by atoms with E-state index in [-0.39, 0.29) is 40.6 Å². The summed E-state index contributed by atoms with van der Waals surface area (Å²) in [6.45, 7) is 1.36. The van der Waals surface area contributed by atoms with Crippen LogP contribution in [0.1, 0.15) is 31.2 Å². The lowest BCUT2D eigenvalue weighted by Gasteiger charge is -2.34. The largest absolute Gasteiger partial charge is 0.445 e. The molecule has 0 aromatic heterocycles. The number of rotatable bonds is 5. The van der Waals surface area contributed by atoms with Crippen LogP contribution in [0.25, 0.3) is 0 Å². The van der Waals surface area contributed by atoms with E-state index < -0.39 is 11.9 Å². The summed E-state index contributed by atoms with van der Waals surface area (Å²) in [6.07, 6.45) is 2.76. The van der Waals surface area contributed by atoms with E-state index in [2.05, 4.69) is 5.32 Å². The average Bonchev–Trinajstić information content (AvgIpc) is 3.34. The number of alkyl carbamates (subject to hydrolysis) is 1. The van der Waals surface area contributed by atoms with Crippen LogP contribution in [-0.4, -0.2) is 42.2 Å². The van der Waals surface area contributed by atoms with Crippen LogP contribution in [0.3, 0.4) is 0 Å². The van der Waals surface area contributed by atoms with E-state index >= 15 is 0 Å². The van der Waals surface area contributed by atoms with Crippen LogP contribution in [0.2, 0.25) is 10.0 Å². The number of carbonyl (C=O) groups excluding carboxylic acids is 2. The molecule has 0 radical (unpaired) electrons. The standard InChI is InChI=1S/C23H25ClFN3O3.C6H3ClFI/c24-20-11-10-19(14-21(20)25)28-13-12-27(23(28)30)18-8-6-17(7-9-18)26-22(29)31-15-16-4-2-1-3-5-16;7-5-2-1-4(9)3-6(5)8/h1-5,10-11,14,17-18H,6-9,12-13,15H2,(H,26,29);1-3H. The molecule has 1 heterocycles. The van der Waals surface area contributed by atoms with Crippen molar-refractivity contribution in [1.29, 1.82) is 0 Å². The maximum atomic E-state index is 13.8. The molecule has 1 N–H and O–H groups in total. The molecule has 1 saturated carbocycles. The van der Waals surface area contributed by atoms with Crippen molar-refractivity contribution in [3.63, 3.8) is 0 Å². The van der Waals surface area contributed by atoms with E-state index in [1.807, 2.05) is 57.8 Å². The zero-order valence-corrected chi connectivity index (χ0v) is 25.1. The second-order valence-electron chi connectivity index (χ2n) is 9.50. The van der Waals surface area contributed by atoms with Crippen LogP contribution in [0.5, 0.6) is 0 Å². The summed E-state index contributed by atoms with van der Waals surface area (Å²) in [7, 11) is 0. The number of carbonyl (C=O) groups is 2. The minimum absolute atomic E-state index is 0.0405. The molecule has 0 spiro atoms. The van der Waals surface area contributed by atoms with Crippen LogP contribution in [0, 0.1) is 15.2 Å². The van der Waals surface area contributed by atoms with Crippen molar-refractivity contribution in [2.24, 2.45) is 0 Å². The van der Waals surface area contributed by atoms with Gasteiger partial charge in [0.1, 0.15) is 18.2 Å². The zero-order valence-electron chi connectivity index (χ0n) is 21.5. The van der Waals surface area contributed by atoms with Crippen molar-refractivity contribution in [3.05, 3.63) is 97.5 Å². The summed E-state index contributed by atoms with van der Waals surface area (Å²) < 4.78 is 32.4. The van der Waals surface area contributed by atoms with Crippen LogP contribution in [0.4, 0.5) is 24.1 Å². The number of urea groups is 1. The fourth-order valence-corrected chi connectivity index (χ4v) is 5.41. The maximum Gasteiger partial charge on any atom is 0.407 e. The van der Waals surface area contributed by atoms with E-state index in [4.69, 9.17) is 27.9 Å². The molecule has 0 unspecified atom stereocenters. The molecule has 3 aromatic carbocycles. The highest BCUT2D eigenvalue weighted by atomic mass is 127. The fourth-order valence-electron chi connectivity index (χ4n) is 4.72. The molecule has 1 aliphatic heterocycles. The molecule has 6 nitrogen and oxygen atoms in total. The number of nitrogens with one attached hydrogen (secondary N) is 1. The Morgan fingerprint density at radius 1 is 0.925 bits per heavy atom. The van der Waals surface area contributed by atoms with Crippen LogP contribution < -0.4 is 10.2 Å². The van der Waals surface area contributed by atoms with E-state index in [0.29, 0.717) is 18.8 Å². The molecule has 40 heavy (non-hydrogen) atoms. The zero-order chi connectivity index (χ0) is 28.6. The summed E-state index contributed by atoms with van der Waals surface area (Å²) >= 11 is 13.2. The molecule has 2 fully saturated rings. The molecule has 212 valence electrons. The minimum Gasteiger partial charge on any atom is -0.445 e. The Morgan fingerprint density at radius 3 is 2.20 bits per heavy atom. The molecule has 11 heteroatoms. The second-order valence-corrected chi connectivity index (χ2v) is 11.6. The molecule has 2 aliphatic rings. The van der Waals surface area contributed by atoms with Crippen molar-refractivity contribution in [1.82, 2.24) is 10.2 Å². The van der Waals surface area contributed by atoms with Gasteiger partial charge in [0.25, 0.3) is 0 Å². The minimum atomic E-state index is -0.531. The van der Waals surface area contributed by atoms with Crippen LogP contribution in [0.15, 0.2) is 66.7 Å². The van der Waals surface area contributed by atoms with Crippen molar-refractivity contribution >= 4 is 63.6 Å². The highest BCUT2D eigenvalue weighted by Crippen LogP contribution is 2.30. The van der Waals surface area contributed by atoms with Gasteiger partial charge in [0.05, 0.1) is 10.0 Å². The molecule has 0 bridgehead atoms. The van der Waals surface area contributed by atoms with Crippen molar-refractivity contribution in [2.45, 2.75) is 44.4 Å². The SMILES string of the molecule is Fc1cc(I)ccc1Cl.O=C(NC1CCC(N2CCN(c3ccc(Cl)c(F)c3)C2=O)CC1)OCc1ccccc1. The first kappa shape index (κ1) is 30.3. The quantitative estimate of drug-likeness (QED) is 0.216. The fraction of sp³-hybridized carbons (Fsp3) is 0.310. The molecule has 3 aromatic rings. The predicted molar refractivity (Wildman–Crippen MR) is 161 cm³/mol. The first-order valence-electron chi connectivity index (χ1n) is 12.8. The smallest absolute Gasteiger partial charge is 0.407 e. The average molecular weight is 702 g/mol. The summed E-state index contributed by atoms with van der Waals surface area (Å²) in [4.78, 5) is 28.4. The van der Waals surface area contributed by atoms with Gasteiger partial charge in [-0.15, -0.1) is 0 Å². The lowest BCUT2D eigenvalue weighted by atomic mass is 9.90. The highest BCUT2D eigenvalue weighted by Gasteiger charge is 2.36. The lowest BCUT2D eigenvalue weighted by Crippen LogP contribution is -2.45. The van der Waals surface area contributed by atoms with Crippen molar-refractivity contribution in [2.75, 3.05) is 18.0 Å². The Hall–Kier alpha value is -2.63. The number of hydrogen-bond acceptors (Lipinski definition) is 3. The first-order valence-corrected chi connectivity index (χ1v) is 14.7. The van der Waals surface area contributed by atoms with Gasteiger partial charge < -0.3 is 15.0 Å². The Morgan fingerprint density at radius 2 is 1.57 bits per heavy atom. The van der Waals surface area contributed by atoms with Gasteiger partial charge in [0, 0.05) is 34.4 Å². The van der Waals surface area contributed by atoms with Gasteiger partial charge in [0.2, 0.25) is 0 Å².